The Bertz CT molecular complexity index is 465. The smallest absolute Gasteiger partial charge is 0.326 e. The molecule has 7 nitrogen and oxygen atoms in total. The standard InChI is InChI=1S/C12H18N4O3/c1-12(13,7-2-3-7)11(19)16-9(10(17)18)4-8-5-14-6-15-8/h5-7,9H,2-4,13H2,1H3,(H,14,15)(H,16,19)(H,17,18). The highest BCUT2D eigenvalue weighted by Gasteiger charge is 2.45. The Morgan fingerprint density at radius 1 is 1.68 bits per heavy atom. The van der Waals surface area contributed by atoms with Crippen molar-refractivity contribution in [2.75, 3.05) is 0 Å². The lowest BCUT2D eigenvalue weighted by molar-refractivity contribution is -0.142. The minimum atomic E-state index is -1.09. The van der Waals surface area contributed by atoms with Gasteiger partial charge in [-0.1, -0.05) is 0 Å². The molecule has 1 fully saturated rings. The van der Waals surface area contributed by atoms with Crippen molar-refractivity contribution in [1.82, 2.24) is 15.3 Å². The first-order valence-electron chi connectivity index (χ1n) is 6.21. The van der Waals surface area contributed by atoms with E-state index in [9.17, 15) is 9.59 Å². The third kappa shape index (κ3) is 3.11. The lowest BCUT2D eigenvalue weighted by Crippen LogP contribution is -2.57. The first-order chi connectivity index (χ1) is 8.91. The number of nitrogens with one attached hydrogen (secondary N) is 2. The van der Waals surface area contributed by atoms with E-state index in [0.717, 1.165) is 12.8 Å². The molecular formula is C12H18N4O3. The molecule has 19 heavy (non-hydrogen) atoms. The molecule has 1 amide bonds. The second-order valence-electron chi connectivity index (χ2n) is 5.20. The van der Waals surface area contributed by atoms with Crippen LogP contribution >= 0.6 is 0 Å². The number of aliphatic carboxylic acids is 1. The molecule has 1 saturated carbocycles. The zero-order valence-corrected chi connectivity index (χ0v) is 10.7. The normalized spacial score (nSPS) is 19.5. The summed E-state index contributed by atoms with van der Waals surface area (Å²) in [6.45, 7) is 1.65. The lowest BCUT2D eigenvalue weighted by atomic mass is 9.95. The third-order valence-electron chi connectivity index (χ3n) is 3.50. The van der Waals surface area contributed by atoms with Crippen LogP contribution in [0.5, 0.6) is 0 Å². The number of rotatable bonds is 6. The number of carbonyl (C=O) groups is 2. The maximum absolute atomic E-state index is 12.1. The van der Waals surface area contributed by atoms with E-state index in [1.54, 1.807) is 6.92 Å². The number of hydrogen-bond donors (Lipinski definition) is 4. The number of aromatic nitrogens is 2. The monoisotopic (exact) mass is 266 g/mol. The molecule has 0 bridgehead atoms. The zero-order valence-electron chi connectivity index (χ0n) is 10.7. The van der Waals surface area contributed by atoms with Gasteiger partial charge in [0.25, 0.3) is 0 Å². The molecule has 104 valence electrons. The van der Waals surface area contributed by atoms with Gasteiger partial charge in [-0.25, -0.2) is 9.78 Å². The molecular weight excluding hydrogens is 248 g/mol. The molecule has 0 radical (unpaired) electrons. The van der Waals surface area contributed by atoms with Gasteiger partial charge >= 0.3 is 5.97 Å². The van der Waals surface area contributed by atoms with Crippen LogP contribution in [0.2, 0.25) is 0 Å². The summed E-state index contributed by atoms with van der Waals surface area (Å²) in [5, 5.41) is 11.7. The predicted octanol–water partition coefficient (Wildman–Crippen LogP) is -0.351. The van der Waals surface area contributed by atoms with Crippen molar-refractivity contribution < 1.29 is 14.7 Å². The molecule has 2 atom stereocenters. The van der Waals surface area contributed by atoms with Gasteiger partial charge in [-0.05, 0) is 25.7 Å². The van der Waals surface area contributed by atoms with Gasteiger partial charge in [-0.3, -0.25) is 4.79 Å². The molecule has 0 aliphatic heterocycles. The number of H-pyrrole nitrogens is 1. The molecule has 1 aromatic heterocycles. The van der Waals surface area contributed by atoms with Gasteiger partial charge in [0.1, 0.15) is 6.04 Å². The van der Waals surface area contributed by atoms with E-state index in [1.807, 2.05) is 0 Å². The van der Waals surface area contributed by atoms with Gasteiger partial charge < -0.3 is 21.1 Å². The van der Waals surface area contributed by atoms with Crippen LogP contribution in [0.3, 0.4) is 0 Å². The van der Waals surface area contributed by atoms with Gasteiger partial charge in [0.2, 0.25) is 5.91 Å². The predicted molar refractivity (Wildman–Crippen MR) is 67.2 cm³/mol. The van der Waals surface area contributed by atoms with Gasteiger partial charge in [-0.2, -0.15) is 0 Å². The summed E-state index contributed by atoms with van der Waals surface area (Å²) in [4.78, 5) is 29.9. The van der Waals surface area contributed by atoms with Crippen LogP contribution < -0.4 is 11.1 Å². The number of hydrogen-bond acceptors (Lipinski definition) is 4. The topological polar surface area (TPSA) is 121 Å². The molecule has 0 spiro atoms. The van der Waals surface area contributed by atoms with E-state index in [4.69, 9.17) is 10.8 Å². The van der Waals surface area contributed by atoms with Crippen molar-refractivity contribution in [1.29, 1.82) is 0 Å². The molecule has 1 heterocycles. The first-order valence-corrected chi connectivity index (χ1v) is 6.21. The highest BCUT2D eigenvalue weighted by Crippen LogP contribution is 2.38. The number of carbonyl (C=O) groups excluding carboxylic acids is 1. The van der Waals surface area contributed by atoms with E-state index in [-0.39, 0.29) is 12.3 Å². The lowest BCUT2D eigenvalue weighted by Gasteiger charge is -2.25. The van der Waals surface area contributed by atoms with E-state index < -0.39 is 23.5 Å². The summed E-state index contributed by atoms with van der Waals surface area (Å²) in [6, 6.07) is -1.01. The third-order valence-corrected chi connectivity index (χ3v) is 3.50. The quantitative estimate of drug-likeness (QED) is 0.560. The van der Waals surface area contributed by atoms with Crippen molar-refractivity contribution in [2.24, 2.45) is 11.7 Å². The molecule has 1 aliphatic rings. The fraction of sp³-hybridized carbons (Fsp3) is 0.583. The minimum absolute atomic E-state index is 0.147. The van der Waals surface area contributed by atoms with E-state index in [0.29, 0.717) is 5.69 Å². The SMILES string of the molecule is CC(N)(C(=O)NC(Cc1cnc[nH]1)C(=O)O)C1CC1. The molecule has 5 N–H and O–H groups in total. The molecule has 1 aromatic rings. The number of amides is 1. The van der Waals surface area contributed by atoms with Crippen LogP contribution in [0.15, 0.2) is 12.5 Å². The van der Waals surface area contributed by atoms with Crippen molar-refractivity contribution in [3.8, 4) is 0 Å². The van der Waals surface area contributed by atoms with Gasteiger partial charge in [0.05, 0.1) is 11.9 Å². The van der Waals surface area contributed by atoms with E-state index in [1.165, 1.54) is 12.5 Å². The Morgan fingerprint density at radius 3 is 2.84 bits per heavy atom. The van der Waals surface area contributed by atoms with Crippen LogP contribution in [0.1, 0.15) is 25.5 Å². The number of nitrogens with zero attached hydrogens (tertiary/aromatic N) is 1. The summed E-state index contributed by atoms with van der Waals surface area (Å²) in [5.41, 5.74) is 5.61. The minimum Gasteiger partial charge on any atom is -0.480 e. The maximum Gasteiger partial charge on any atom is 0.326 e. The van der Waals surface area contributed by atoms with Gasteiger partial charge in [0.15, 0.2) is 0 Å². The summed E-state index contributed by atoms with van der Waals surface area (Å²) in [6.07, 6.45) is 4.98. The van der Waals surface area contributed by atoms with Crippen LogP contribution in [0.4, 0.5) is 0 Å². The molecule has 1 aliphatic carbocycles. The van der Waals surface area contributed by atoms with Crippen LogP contribution in [-0.2, 0) is 16.0 Å². The zero-order chi connectivity index (χ0) is 14.0. The van der Waals surface area contributed by atoms with E-state index in [2.05, 4.69) is 15.3 Å². The number of carboxylic acids is 1. The maximum atomic E-state index is 12.1. The average Bonchev–Trinajstić information content (AvgIpc) is 3.08. The van der Waals surface area contributed by atoms with Crippen LogP contribution in [0.25, 0.3) is 0 Å². The Balaban J connectivity index is 2.00. The Hall–Kier alpha value is -1.89. The van der Waals surface area contributed by atoms with E-state index >= 15 is 0 Å². The molecule has 0 aromatic carbocycles. The average molecular weight is 266 g/mol. The first kappa shape index (κ1) is 13.5. The summed E-state index contributed by atoms with van der Waals surface area (Å²) in [5.74, 6) is -1.36. The van der Waals surface area contributed by atoms with Crippen LogP contribution in [-0.4, -0.2) is 38.5 Å². The Labute approximate surface area is 110 Å². The van der Waals surface area contributed by atoms with Crippen molar-refractivity contribution in [2.45, 2.75) is 37.8 Å². The molecule has 2 rings (SSSR count). The number of nitrogens with two attached hydrogens (primary N) is 1. The van der Waals surface area contributed by atoms with Crippen molar-refractivity contribution in [3.05, 3.63) is 18.2 Å². The summed E-state index contributed by atoms with van der Waals surface area (Å²) < 4.78 is 0. The highest BCUT2D eigenvalue weighted by atomic mass is 16.4. The van der Waals surface area contributed by atoms with Crippen molar-refractivity contribution in [3.63, 3.8) is 0 Å². The molecule has 7 heteroatoms. The second kappa shape index (κ2) is 5.00. The molecule has 2 unspecified atom stereocenters. The fourth-order valence-corrected chi connectivity index (χ4v) is 2.00. The van der Waals surface area contributed by atoms with Crippen LogP contribution in [0, 0.1) is 5.92 Å². The number of imidazole rings is 1. The number of aromatic amines is 1. The van der Waals surface area contributed by atoms with Gasteiger partial charge in [-0.15, -0.1) is 0 Å². The summed E-state index contributed by atoms with van der Waals surface area (Å²) >= 11 is 0. The Morgan fingerprint density at radius 2 is 2.37 bits per heavy atom. The molecule has 0 saturated heterocycles. The Kier molecular flexibility index (Phi) is 3.57. The summed E-state index contributed by atoms with van der Waals surface area (Å²) in [7, 11) is 0. The van der Waals surface area contributed by atoms with Crippen molar-refractivity contribution >= 4 is 11.9 Å². The number of carboxylic acid groups (broad SMARTS) is 1. The van der Waals surface area contributed by atoms with Gasteiger partial charge in [0, 0.05) is 18.3 Å². The largest absolute Gasteiger partial charge is 0.480 e. The second-order valence-corrected chi connectivity index (χ2v) is 5.20. The fourth-order valence-electron chi connectivity index (χ4n) is 2.00. The highest BCUT2D eigenvalue weighted by molar-refractivity contribution is 5.90.